The van der Waals surface area contributed by atoms with Crippen molar-refractivity contribution in [3.8, 4) is 0 Å². The monoisotopic (exact) mass is 276 g/mol. The second-order valence-corrected chi connectivity index (χ2v) is 3.91. The van der Waals surface area contributed by atoms with Crippen LogP contribution in [0.25, 0.3) is 0 Å². The van der Waals surface area contributed by atoms with Crippen molar-refractivity contribution in [2.75, 3.05) is 12.4 Å². The van der Waals surface area contributed by atoms with E-state index in [1.54, 1.807) is 24.3 Å². The number of rotatable bonds is 5. The standard InChI is InChI=1S/C13H12N2O5/c1-19-12(18)8-2-4-9(5-3-8)14-13-15-10(7-20-13)6-11(16)17/h2-5,7H,6H2,1H3,(H,14,15)(H,16,17). The number of benzene rings is 1. The quantitative estimate of drug-likeness (QED) is 0.803. The lowest BCUT2D eigenvalue weighted by Gasteiger charge is -2.03. The van der Waals surface area contributed by atoms with E-state index in [9.17, 15) is 9.59 Å². The molecule has 2 aromatic rings. The van der Waals surface area contributed by atoms with Crippen LogP contribution in [0.3, 0.4) is 0 Å². The summed E-state index contributed by atoms with van der Waals surface area (Å²) in [4.78, 5) is 25.7. The van der Waals surface area contributed by atoms with Gasteiger partial charge in [0.2, 0.25) is 0 Å². The summed E-state index contributed by atoms with van der Waals surface area (Å²) in [5, 5.41) is 11.5. The van der Waals surface area contributed by atoms with Gasteiger partial charge in [-0.2, -0.15) is 4.98 Å². The van der Waals surface area contributed by atoms with Gasteiger partial charge in [0.15, 0.2) is 0 Å². The smallest absolute Gasteiger partial charge is 0.337 e. The topological polar surface area (TPSA) is 102 Å². The number of carbonyl (C=O) groups is 2. The first-order chi connectivity index (χ1) is 9.58. The third-order valence-corrected chi connectivity index (χ3v) is 2.44. The largest absolute Gasteiger partial charge is 0.481 e. The molecule has 20 heavy (non-hydrogen) atoms. The van der Waals surface area contributed by atoms with Crippen LogP contribution in [0.15, 0.2) is 34.9 Å². The summed E-state index contributed by atoms with van der Waals surface area (Å²) in [5.74, 6) is -1.40. The SMILES string of the molecule is COC(=O)c1ccc(Nc2nc(CC(=O)O)co2)cc1. The molecule has 0 atom stereocenters. The normalized spacial score (nSPS) is 10.1. The van der Waals surface area contributed by atoms with E-state index in [1.807, 2.05) is 0 Å². The fourth-order valence-corrected chi connectivity index (χ4v) is 1.53. The molecule has 0 bridgehead atoms. The molecule has 0 saturated carbocycles. The number of methoxy groups -OCH3 is 1. The highest BCUT2D eigenvalue weighted by molar-refractivity contribution is 5.89. The molecular weight excluding hydrogens is 264 g/mol. The summed E-state index contributed by atoms with van der Waals surface area (Å²) in [6, 6.07) is 6.69. The number of ether oxygens (including phenoxy) is 1. The summed E-state index contributed by atoms with van der Waals surface area (Å²) < 4.78 is 9.68. The molecule has 104 valence electrons. The van der Waals surface area contributed by atoms with E-state index in [4.69, 9.17) is 9.52 Å². The van der Waals surface area contributed by atoms with Gasteiger partial charge in [0, 0.05) is 5.69 Å². The van der Waals surface area contributed by atoms with E-state index >= 15 is 0 Å². The minimum Gasteiger partial charge on any atom is -0.481 e. The summed E-state index contributed by atoms with van der Waals surface area (Å²) in [5.41, 5.74) is 1.41. The van der Waals surface area contributed by atoms with E-state index in [0.29, 0.717) is 16.9 Å². The Bertz CT molecular complexity index is 618. The first kappa shape index (κ1) is 13.6. The van der Waals surface area contributed by atoms with Crippen molar-refractivity contribution in [2.45, 2.75) is 6.42 Å². The number of oxazole rings is 1. The van der Waals surface area contributed by atoms with Gasteiger partial charge in [-0.1, -0.05) is 0 Å². The number of nitrogens with zero attached hydrogens (tertiary/aromatic N) is 1. The van der Waals surface area contributed by atoms with E-state index in [-0.39, 0.29) is 12.4 Å². The third kappa shape index (κ3) is 3.35. The Hall–Kier alpha value is -2.83. The highest BCUT2D eigenvalue weighted by Crippen LogP contribution is 2.17. The van der Waals surface area contributed by atoms with Crippen LogP contribution in [0.1, 0.15) is 16.1 Å². The van der Waals surface area contributed by atoms with Crippen LogP contribution in [0.2, 0.25) is 0 Å². The van der Waals surface area contributed by atoms with Crippen LogP contribution >= 0.6 is 0 Å². The highest BCUT2D eigenvalue weighted by Gasteiger charge is 2.09. The van der Waals surface area contributed by atoms with E-state index in [1.165, 1.54) is 13.4 Å². The molecule has 0 fully saturated rings. The van der Waals surface area contributed by atoms with Crippen molar-refractivity contribution >= 4 is 23.6 Å². The lowest BCUT2D eigenvalue weighted by Crippen LogP contribution is -2.01. The predicted molar refractivity (Wildman–Crippen MR) is 68.9 cm³/mol. The number of carboxylic acid groups (broad SMARTS) is 1. The number of hydrogen-bond donors (Lipinski definition) is 2. The minimum absolute atomic E-state index is 0.187. The van der Waals surface area contributed by atoms with Crippen LogP contribution in [-0.4, -0.2) is 29.1 Å². The molecule has 0 amide bonds. The maximum Gasteiger partial charge on any atom is 0.337 e. The predicted octanol–water partition coefficient (Wildman–Crippen LogP) is 1.83. The molecule has 0 radical (unpaired) electrons. The Balaban J connectivity index is 2.04. The van der Waals surface area contributed by atoms with Crippen LogP contribution in [0.4, 0.5) is 11.7 Å². The van der Waals surface area contributed by atoms with Gasteiger partial charge >= 0.3 is 11.9 Å². The highest BCUT2D eigenvalue weighted by atomic mass is 16.5. The van der Waals surface area contributed by atoms with Gasteiger partial charge in [-0.05, 0) is 24.3 Å². The van der Waals surface area contributed by atoms with Gasteiger partial charge in [0.25, 0.3) is 6.01 Å². The summed E-state index contributed by atoms with van der Waals surface area (Å²) in [6.07, 6.45) is 1.08. The van der Waals surface area contributed by atoms with Crippen molar-refractivity contribution in [2.24, 2.45) is 0 Å². The molecule has 0 aliphatic carbocycles. The van der Waals surface area contributed by atoms with E-state index in [2.05, 4.69) is 15.0 Å². The molecule has 0 unspecified atom stereocenters. The number of hydrogen-bond acceptors (Lipinski definition) is 6. The number of carboxylic acids is 1. The fourth-order valence-electron chi connectivity index (χ4n) is 1.53. The molecule has 2 rings (SSSR count). The van der Waals surface area contributed by atoms with Crippen LogP contribution in [-0.2, 0) is 16.0 Å². The molecule has 7 nitrogen and oxygen atoms in total. The molecule has 2 N–H and O–H groups in total. The number of nitrogens with one attached hydrogen (secondary N) is 1. The molecule has 0 aliphatic rings. The van der Waals surface area contributed by atoms with Crippen molar-refractivity contribution in [1.29, 1.82) is 0 Å². The van der Waals surface area contributed by atoms with Gasteiger partial charge < -0.3 is 19.6 Å². The average Bonchev–Trinajstić information content (AvgIpc) is 2.85. The fraction of sp³-hybridized carbons (Fsp3) is 0.154. The first-order valence-electron chi connectivity index (χ1n) is 5.70. The van der Waals surface area contributed by atoms with Crippen molar-refractivity contribution in [1.82, 2.24) is 4.98 Å². The van der Waals surface area contributed by atoms with E-state index in [0.717, 1.165) is 0 Å². The van der Waals surface area contributed by atoms with Crippen LogP contribution in [0, 0.1) is 0 Å². The van der Waals surface area contributed by atoms with Gasteiger partial charge in [0.05, 0.1) is 24.8 Å². The average molecular weight is 276 g/mol. The Kier molecular flexibility index (Phi) is 3.99. The molecule has 0 aliphatic heterocycles. The second kappa shape index (κ2) is 5.87. The maximum atomic E-state index is 11.3. The Morgan fingerprint density at radius 3 is 2.65 bits per heavy atom. The zero-order valence-electron chi connectivity index (χ0n) is 10.6. The van der Waals surface area contributed by atoms with Gasteiger partial charge in [0.1, 0.15) is 6.26 Å². The van der Waals surface area contributed by atoms with Gasteiger partial charge in [-0.15, -0.1) is 0 Å². The number of aromatic nitrogens is 1. The lowest BCUT2D eigenvalue weighted by atomic mass is 10.2. The number of anilines is 2. The third-order valence-electron chi connectivity index (χ3n) is 2.44. The molecule has 1 aromatic carbocycles. The minimum atomic E-state index is -0.979. The van der Waals surface area contributed by atoms with Gasteiger partial charge in [-0.3, -0.25) is 4.79 Å². The van der Waals surface area contributed by atoms with Crippen molar-refractivity contribution < 1.29 is 23.8 Å². The van der Waals surface area contributed by atoms with Crippen molar-refractivity contribution in [3.05, 3.63) is 41.8 Å². The summed E-state index contributed by atoms with van der Waals surface area (Å²) in [7, 11) is 1.31. The number of aliphatic carboxylic acids is 1. The molecule has 0 spiro atoms. The first-order valence-corrected chi connectivity index (χ1v) is 5.70. The van der Waals surface area contributed by atoms with Crippen LogP contribution < -0.4 is 5.32 Å². The Labute approximate surface area is 114 Å². The zero-order valence-corrected chi connectivity index (χ0v) is 10.6. The molecular formula is C13H12N2O5. The summed E-state index contributed by atoms with van der Waals surface area (Å²) in [6.45, 7) is 0. The van der Waals surface area contributed by atoms with Crippen molar-refractivity contribution in [3.63, 3.8) is 0 Å². The van der Waals surface area contributed by atoms with Crippen LogP contribution in [0.5, 0.6) is 0 Å². The Morgan fingerprint density at radius 1 is 1.35 bits per heavy atom. The summed E-state index contributed by atoms with van der Waals surface area (Å²) >= 11 is 0. The van der Waals surface area contributed by atoms with E-state index < -0.39 is 11.9 Å². The number of esters is 1. The number of carbonyl (C=O) groups excluding carboxylic acids is 1. The lowest BCUT2D eigenvalue weighted by molar-refractivity contribution is -0.136. The molecule has 0 saturated heterocycles. The zero-order chi connectivity index (χ0) is 14.5. The molecule has 1 aromatic heterocycles. The molecule has 7 heteroatoms. The maximum absolute atomic E-state index is 11.3. The Morgan fingerprint density at radius 2 is 2.05 bits per heavy atom. The second-order valence-electron chi connectivity index (χ2n) is 3.91. The van der Waals surface area contributed by atoms with Gasteiger partial charge in [-0.25, -0.2) is 4.79 Å². The molecule has 1 heterocycles.